The van der Waals surface area contributed by atoms with Crippen LogP contribution in [0.1, 0.15) is 0 Å². The third kappa shape index (κ3) is 2.17. The Morgan fingerprint density at radius 2 is 2.00 bits per heavy atom. The predicted octanol–water partition coefficient (Wildman–Crippen LogP) is 0.292. The topological polar surface area (TPSA) is 49.6 Å². The number of benzene rings is 1. The number of piperazine rings is 1. The molecular formula is C12H17N3O. The highest BCUT2D eigenvalue weighted by Gasteiger charge is 2.28. The van der Waals surface area contributed by atoms with Crippen molar-refractivity contribution in [3.8, 4) is 0 Å². The predicted molar refractivity (Wildman–Crippen MR) is 64.3 cm³/mol. The zero-order chi connectivity index (χ0) is 11.5. The Balaban J connectivity index is 2.12. The summed E-state index contributed by atoms with van der Waals surface area (Å²) in [5, 5.41) is 0. The van der Waals surface area contributed by atoms with E-state index < -0.39 is 0 Å². The van der Waals surface area contributed by atoms with Crippen LogP contribution in [0.4, 0.5) is 5.69 Å². The van der Waals surface area contributed by atoms with Crippen LogP contribution in [0.2, 0.25) is 0 Å². The van der Waals surface area contributed by atoms with Gasteiger partial charge in [0.1, 0.15) is 6.04 Å². The molecule has 1 unspecified atom stereocenters. The van der Waals surface area contributed by atoms with Crippen molar-refractivity contribution in [2.75, 3.05) is 31.6 Å². The van der Waals surface area contributed by atoms with Gasteiger partial charge in [0.2, 0.25) is 5.91 Å². The van der Waals surface area contributed by atoms with Gasteiger partial charge in [-0.15, -0.1) is 0 Å². The van der Waals surface area contributed by atoms with E-state index in [1.807, 2.05) is 30.1 Å². The molecular weight excluding hydrogens is 202 g/mol. The molecule has 1 aromatic rings. The first-order valence-corrected chi connectivity index (χ1v) is 5.48. The van der Waals surface area contributed by atoms with E-state index in [2.05, 4.69) is 17.0 Å². The number of amides is 1. The Kier molecular flexibility index (Phi) is 3.10. The molecule has 0 aromatic heterocycles. The minimum absolute atomic E-state index is 0.186. The lowest BCUT2D eigenvalue weighted by molar-refractivity contribution is -0.122. The van der Waals surface area contributed by atoms with E-state index in [0.717, 1.165) is 18.8 Å². The molecule has 1 heterocycles. The third-order valence-corrected chi connectivity index (χ3v) is 3.10. The van der Waals surface area contributed by atoms with Crippen LogP contribution in [0, 0.1) is 0 Å². The largest absolute Gasteiger partial charge is 0.368 e. The van der Waals surface area contributed by atoms with Crippen molar-refractivity contribution < 1.29 is 4.79 Å². The van der Waals surface area contributed by atoms with E-state index >= 15 is 0 Å². The van der Waals surface area contributed by atoms with Gasteiger partial charge in [-0.3, -0.25) is 9.69 Å². The molecule has 4 nitrogen and oxygen atoms in total. The zero-order valence-corrected chi connectivity index (χ0v) is 9.47. The molecule has 2 N–H and O–H groups in total. The van der Waals surface area contributed by atoms with Gasteiger partial charge in [0.25, 0.3) is 0 Å². The Labute approximate surface area is 95.6 Å². The summed E-state index contributed by atoms with van der Waals surface area (Å²) >= 11 is 0. The van der Waals surface area contributed by atoms with Gasteiger partial charge >= 0.3 is 0 Å². The molecule has 0 spiro atoms. The second-order valence-electron chi connectivity index (χ2n) is 4.18. The summed E-state index contributed by atoms with van der Waals surface area (Å²) < 4.78 is 0. The van der Waals surface area contributed by atoms with Crippen molar-refractivity contribution in [3.05, 3.63) is 30.3 Å². The summed E-state index contributed by atoms with van der Waals surface area (Å²) in [4.78, 5) is 15.5. The summed E-state index contributed by atoms with van der Waals surface area (Å²) in [6.45, 7) is 2.47. The Morgan fingerprint density at radius 1 is 1.31 bits per heavy atom. The molecule has 1 aliphatic heterocycles. The normalized spacial score (nSPS) is 22.1. The van der Waals surface area contributed by atoms with Gasteiger partial charge in [-0.1, -0.05) is 18.2 Å². The lowest BCUT2D eigenvalue weighted by Crippen LogP contribution is -2.56. The van der Waals surface area contributed by atoms with Gasteiger partial charge < -0.3 is 10.6 Å². The van der Waals surface area contributed by atoms with Gasteiger partial charge in [0.05, 0.1) is 0 Å². The Bertz CT molecular complexity index is 366. The van der Waals surface area contributed by atoms with Crippen molar-refractivity contribution in [3.63, 3.8) is 0 Å². The fourth-order valence-corrected chi connectivity index (χ4v) is 2.05. The van der Waals surface area contributed by atoms with E-state index in [4.69, 9.17) is 5.73 Å². The summed E-state index contributed by atoms with van der Waals surface area (Å²) in [5.41, 5.74) is 6.55. The van der Waals surface area contributed by atoms with Gasteiger partial charge in [-0.05, 0) is 19.2 Å². The molecule has 1 fully saturated rings. The van der Waals surface area contributed by atoms with Crippen LogP contribution in [0.15, 0.2) is 30.3 Å². The van der Waals surface area contributed by atoms with E-state index in [-0.39, 0.29) is 11.9 Å². The van der Waals surface area contributed by atoms with Gasteiger partial charge in [0, 0.05) is 25.3 Å². The number of para-hydroxylation sites is 1. The lowest BCUT2D eigenvalue weighted by atomic mass is 10.1. The Hall–Kier alpha value is -1.55. The number of primary amides is 1. The van der Waals surface area contributed by atoms with E-state index in [1.165, 1.54) is 0 Å². The maximum absolute atomic E-state index is 11.3. The van der Waals surface area contributed by atoms with Crippen LogP contribution < -0.4 is 10.6 Å². The molecule has 4 heteroatoms. The summed E-state index contributed by atoms with van der Waals surface area (Å²) in [6.07, 6.45) is 0. The van der Waals surface area contributed by atoms with E-state index in [9.17, 15) is 4.79 Å². The fraction of sp³-hybridized carbons (Fsp3) is 0.417. The molecule has 86 valence electrons. The van der Waals surface area contributed by atoms with Crippen LogP contribution in [0.25, 0.3) is 0 Å². The first kappa shape index (κ1) is 11.0. The highest BCUT2D eigenvalue weighted by molar-refractivity contribution is 5.81. The number of nitrogens with zero attached hydrogens (tertiary/aromatic N) is 2. The second kappa shape index (κ2) is 4.53. The van der Waals surface area contributed by atoms with Crippen molar-refractivity contribution in [1.82, 2.24) is 4.90 Å². The number of nitrogens with two attached hydrogens (primary N) is 1. The van der Waals surface area contributed by atoms with Crippen LogP contribution in [0.3, 0.4) is 0 Å². The number of rotatable bonds is 2. The van der Waals surface area contributed by atoms with Crippen molar-refractivity contribution in [1.29, 1.82) is 0 Å². The first-order valence-electron chi connectivity index (χ1n) is 5.48. The number of carbonyl (C=O) groups is 1. The molecule has 0 aliphatic carbocycles. The van der Waals surface area contributed by atoms with Crippen LogP contribution >= 0.6 is 0 Å². The smallest absolute Gasteiger partial charge is 0.236 e. The monoisotopic (exact) mass is 219 g/mol. The van der Waals surface area contributed by atoms with Crippen molar-refractivity contribution in [2.24, 2.45) is 5.73 Å². The molecule has 0 saturated carbocycles. The second-order valence-corrected chi connectivity index (χ2v) is 4.18. The maximum Gasteiger partial charge on any atom is 0.236 e. The number of hydrogen-bond donors (Lipinski definition) is 1. The molecule has 0 radical (unpaired) electrons. The van der Waals surface area contributed by atoms with Crippen LogP contribution in [-0.4, -0.2) is 43.5 Å². The number of likely N-dealkylation sites (N-methyl/N-ethyl adjacent to an activating group) is 1. The highest BCUT2D eigenvalue weighted by atomic mass is 16.1. The number of carbonyl (C=O) groups excluding carboxylic acids is 1. The van der Waals surface area contributed by atoms with Crippen molar-refractivity contribution in [2.45, 2.75) is 6.04 Å². The minimum atomic E-state index is -0.247. The summed E-state index contributed by atoms with van der Waals surface area (Å²) in [7, 11) is 1.94. The average molecular weight is 219 g/mol. The van der Waals surface area contributed by atoms with Crippen molar-refractivity contribution >= 4 is 11.6 Å². The number of hydrogen-bond acceptors (Lipinski definition) is 3. The van der Waals surface area contributed by atoms with Crippen LogP contribution in [0.5, 0.6) is 0 Å². The molecule has 1 saturated heterocycles. The fourth-order valence-electron chi connectivity index (χ4n) is 2.05. The standard InChI is InChI=1S/C12H17N3O/c1-14-7-8-15(9-11(14)12(13)16)10-5-3-2-4-6-10/h2-6,11H,7-9H2,1H3,(H2,13,16). The average Bonchev–Trinajstić information content (AvgIpc) is 2.30. The van der Waals surface area contributed by atoms with Gasteiger partial charge in [0.15, 0.2) is 0 Å². The molecule has 1 atom stereocenters. The van der Waals surface area contributed by atoms with Gasteiger partial charge in [-0.25, -0.2) is 0 Å². The summed E-state index contributed by atoms with van der Waals surface area (Å²) in [5.74, 6) is -0.247. The quantitative estimate of drug-likeness (QED) is 0.778. The molecule has 1 amide bonds. The zero-order valence-electron chi connectivity index (χ0n) is 9.47. The number of anilines is 1. The molecule has 1 aliphatic rings. The molecule has 0 bridgehead atoms. The minimum Gasteiger partial charge on any atom is -0.368 e. The lowest BCUT2D eigenvalue weighted by Gasteiger charge is -2.39. The third-order valence-electron chi connectivity index (χ3n) is 3.10. The highest BCUT2D eigenvalue weighted by Crippen LogP contribution is 2.17. The SMILES string of the molecule is CN1CCN(c2ccccc2)CC1C(N)=O. The van der Waals surface area contributed by atoms with E-state index in [1.54, 1.807) is 0 Å². The first-order chi connectivity index (χ1) is 7.68. The molecule has 2 rings (SSSR count). The van der Waals surface area contributed by atoms with E-state index in [0.29, 0.717) is 6.54 Å². The maximum atomic E-state index is 11.3. The molecule has 1 aromatic carbocycles. The summed E-state index contributed by atoms with van der Waals surface area (Å²) in [6, 6.07) is 9.94. The van der Waals surface area contributed by atoms with Gasteiger partial charge in [-0.2, -0.15) is 0 Å². The van der Waals surface area contributed by atoms with Crippen LogP contribution in [-0.2, 0) is 4.79 Å². The molecule has 16 heavy (non-hydrogen) atoms. The Morgan fingerprint density at radius 3 is 2.62 bits per heavy atom.